The molecule has 1 aromatic heterocycles. The molecule has 1 nitrogen and oxygen atoms in total. The number of hydrogen-bond acceptors (Lipinski definition) is 0. The van der Waals surface area contributed by atoms with E-state index >= 15 is 0 Å². The summed E-state index contributed by atoms with van der Waals surface area (Å²) < 4.78 is 2.32. The van der Waals surface area contributed by atoms with Gasteiger partial charge in [-0.05, 0) is 95.5 Å². The molecule has 0 unspecified atom stereocenters. The topological polar surface area (TPSA) is 3.88 Å². The van der Waals surface area contributed by atoms with Crippen molar-refractivity contribution in [2.24, 2.45) is 12.5 Å². The van der Waals surface area contributed by atoms with Crippen molar-refractivity contribution in [1.29, 1.82) is 0 Å². The molecule has 1 aliphatic rings. The van der Waals surface area contributed by atoms with Gasteiger partial charge in [-0.2, -0.15) is 0 Å². The van der Waals surface area contributed by atoms with Crippen molar-refractivity contribution < 1.29 is 4.57 Å². The van der Waals surface area contributed by atoms with Gasteiger partial charge >= 0.3 is 0 Å². The second-order valence-corrected chi connectivity index (χ2v) is 11.7. The largest absolute Gasteiger partial charge is 0.220 e. The summed E-state index contributed by atoms with van der Waals surface area (Å²) in [5, 5.41) is 2.74. The van der Waals surface area contributed by atoms with E-state index in [-0.39, 0.29) is 0 Å². The Balaban J connectivity index is 1.84. The predicted octanol–water partition coefficient (Wildman–Crippen LogP) is 8.57. The average Bonchev–Trinajstić information content (AvgIpc) is 2.73. The number of aromatic nitrogens is 1. The van der Waals surface area contributed by atoms with E-state index in [4.69, 9.17) is 0 Å². The Morgan fingerprint density at radius 1 is 0.906 bits per heavy atom. The Morgan fingerprint density at radius 3 is 2.22 bits per heavy atom. The van der Waals surface area contributed by atoms with E-state index in [0.29, 0.717) is 23.2 Å². The predicted molar refractivity (Wildman–Crippen MR) is 138 cm³/mol. The first-order valence-electron chi connectivity index (χ1n) is 12.6. The number of benzene rings is 2. The van der Waals surface area contributed by atoms with E-state index in [1.54, 1.807) is 0 Å². The molecule has 0 saturated heterocycles. The fourth-order valence-electron chi connectivity index (χ4n) is 5.65. The highest BCUT2D eigenvalue weighted by Crippen LogP contribution is 2.43. The van der Waals surface area contributed by atoms with Crippen LogP contribution in [0, 0.1) is 12.3 Å². The normalized spacial score (nSPS) is 16.9. The maximum atomic E-state index is 2.48. The van der Waals surface area contributed by atoms with E-state index < -0.39 is 0 Å². The Kier molecular flexibility index (Phi) is 6.23. The minimum absolute atomic E-state index is 0.515. The van der Waals surface area contributed by atoms with Gasteiger partial charge in [0.2, 0.25) is 5.69 Å². The van der Waals surface area contributed by atoms with Gasteiger partial charge in [0, 0.05) is 6.07 Å². The van der Waals surface area contributed by atoms with Gasteiger partial charge < -0.3 is 0 Å². The number of pyridine rings is 1. The first-order chi connectivity index (χ1) is 15.1. The van der Waals surface area contributed by atoms with Crippen LogP contribution in [-0.4, -0.2) is 0 Å². The molecule has 0 aliphatic heterocycles. The van der Waals surface area contributed by atoms with Gasteiger partial charge in [0.1, 0.15) is 7.05 Å². The molecule has 4 rings (SSSR count). The summed E-state index contributed by atoms with van der Waals surface area (Å²) in [5.74, 6) is 1.76. The maximum Gasteiger partial charge on any atom is 0.220 e. The van der Waals surface area contributed by atoms with Crippen LogP contribution in [0.4, 0.5) is 0 Å². The van der Waals surface area contributed by atoms with Gasteiger partial charge in [-0.25, -0.2) is 4.57 Å². The van der Waals surface area contributed by atoms with Crippen molar-refractivity contribution in [1.82, 2.24) is 0 Å². The lowest BCUT2D eigenvalue weighted by atomic mass is 9.71. The van der Waals surface area contributed by atoms with Gasteiger partial charge in [-0.1, -0.05) is 59.7 Å². The zero-order valence-electron chi connectivity index (χ0n) is 21.5. The number of aryl methyl sites for hydroxylation is 1. The highest BCUT2D eigenvalue weighted by molar-refractivity contribution is 5.94. The summed E-state index contributed by atoms with van der Waals surface area (Å²) in [6.07, 6.45) is 7.56. The minimum Gasteiger partial charge on any atom is -0.200 e. The highest BCUT2D eigenvalue weighted by Gasteiger charge is 2.28. The lowest BCUT2D eigenvalue weighted by Crippen LogP contribution is -2.31. The van der Waals surface area contributed by atoms with Gasteiger partial charge in [0.25, 0.3) is 0 Å². The van der Waals surface area contributed by atoms with Gasteiger partial charge in [0.15, 0.2) is 6.20 Å². The van der Waals surface area contributed by atoms with Gasteiger partial charge in [0.05, 0.1) is 10.9 Å². The molecule has 1 saturated carbocycles. The van der Waals surface area contributed by atoms with Crippen LogP contribution in [0.2, 0.25) is 0 Å². The molecule has 0 bridgehead atoms. The second-order valence-electron chi connectivity index (χ2n) is 11.7. The Bertz CT molecular complexity index is 1120. The van der Waals surface area contributed by atoms with Crippen LogP contribution in [0.25, 0.3) is 22.0 Å². The number of nitrogens with zero attached hydrogens (tertiary/aromatic N) is 1. The highest BCUT2D eigenvalue weighted by atomic mass is 14.9. The van der Waals surface area contributed by atoms with E-state index in [9.17, 15) is 0 Å². The number of fused-ring (bicyclic) bond motifs is 1. The van der Waals surface area contributed by atoms with E-state index in [0.717, 1.165) is 0 Å². The third kappa shape index (κ3) is 4.36. The van der Waals surface area contributed by atoms with Crippen molar-refractivity contribution >= 4 is 10.8 Å². The quantitative estimate of drug-likeness (QED) is 0.366. The van der Waals surface area contributed by atoms with Crippen LogP contribution in [0.3, 0.4) is 0 Å². The standard InChI is InChI=1S/C31H42N/c1-20(2)26-18-28(21(3)4)22(5)29(19-26)30-27-10-9-24(17-25(27)13-16-32(30)8)23-11-14-31(6,7)15-12-23/h9-10,13,16-21,23H,11-12,14-15H2,1-8H3/q+1. The molecule has 1 fully saturated rings. The molecule has 0 spiro atoms. The average molecular weight is 429 g/mol. The van der Waals surface area contributed by atoms with Crippen molar-refractivity contribution in [3.8, 4) is 11.3 Å². The summed E-state index contributed by atoms with van der Waals surface area (Å²) in [6, 6.07) is 14.5. The SMILES string of the molecule is Cc1c(-c2c3ccc(C4CCC(C)(C)CC4)cc3cc[n+]2C)cc(C(C)C)cc1C(C)C. The number of rotatable bonds is 4. The van der Waals surface area contributed by atoms with Crippen molar-refractivity contribution in [3.63, 3.8) is 0 Å². The molecule has 0 N–H and O–H groups in total. The van der Waals surface area contributed by atoms with Gasteiger partial charge in [-0.15, -0.1) is 0 Å². The zero-order valence-corrected chi connectivity index (χ0v) is 21.5. The Morgan fingerprint density at radius 2 is 1.59 bits per heavy atom. The molecular formula is C31H42N+. The van der Waals surface area contributed by atoms with Crippen LogP contribution in [0.15, 0.2) is 42.6 Å². The number of hydrogen-bond donors (Lipinski definition) is 0. The van der Waals surface area contributed by atoms with E-state index in [2.05, 4.69) is 103 Å². The summed E-state index contributed by atoms with van der Waals surface area (Å²) in [7, 11) is 2.20. The lowest BCUT2D eigenvalue weighted by Gasteiger charge is -2.34. The van der Waals surface area contributed by atoms with Crippen LogP contribution >= 0.6 is 0 Å². The van der Waals surface area contributed by atoms with Crippen molar-refractivity contribution in [3.05, 3.63) is 64.8 Å². The van der Waals surface area contributed by atoms with Crippen LogP contribution < -0.4 is 4.57 Å². The molecule has 170 valence electrons. The van der Waals surface area contributed by atoms with Crippen LogP contribution in [0.5, 0.6) is 0 Å². The molecule has 0 atom stereocenters. The maximum absolute atomic E-state index is 2.48. The van der Waals surface area contributed by atoms with E-state index in [1.807, 2.05) is 0 Å². The van der Waals surface area contributed by atoms with Crippen molar-refractivity contribution in [2.75, 3.05) is 0 Å². The zero-order chi connectivity index (χ0) is 23.2. The van der Waals surface area contributed by atoms with Crippen molar-refractivity contribution in [2.45, 2.75) is 91.9 Å². The van der Waals surface area contributed by atoms with Crippen LogP contribution in [0.1, 0.15) is 107 Å². The molecule has 0 amide bonds. The monoisotopic (exact) mass is 428 g/mol. The Labute approximate surface area is 195 Å². The summed E-state index contributed by atoms with van der Waals surface area (Å²) in [4.78, 5) is 0. The summed E-state index contributed by atoms with van der Waals surface area (Å²) in [6.45, 7) is 16.4. The molecule has 2 aromatic carbocycles. The third-order valence-corrected chi connectivity index (χ3v) is 7.99. The summed E-state index contributed by atoms with van der Waals surface area (Å²) >= 11 is 0. The molecule has 3 aromatic rings. The summed E-state index contributed by atoms with van der Waals surface area (Å²) in [5.41, 5.74) is 9.12. The van der Waals surface area contributed by atoms with E-state index in [1.165, 1.54) is 70.0 Å². The molecular weight excluding hydrogens is 386 g/mol. The van der Waals surface area contributed by atoms with Gasteiger partial charge in [-0.3, -0.25) is 0 Å². The van der Waals surface area contributed by atoms with Crippen LogP contribution in [-0.2, 0) is 7.05 Å². The molecule has 1 heterocycles. The fourth-order valence-corrected chi connectivity index (χ4v) is 5.65. The lowest BCUT2D eigenvalue weighted by molar-refractivity contribution is -0.659. The molecule has 1 aliphatic carbocycles. The third-order valence-electron chi connectivity index (χ3n) is 7.99. The smallest absolute Gasteiger partial charge is 0.200 e. The second kappa shape index (κ2) is 8.65. The first kappa shape index (κ1) is 23.0. The Hall–Kier alpha value is -2.15. The molecule has 1 heteroatoms. The minimum atomic E-state index is 0.515. The molecule has 0 radical (unpaired) electrons. The molecule has 32 heavy (non-hydrogen) atoms. The first-order valence-corrected chi connectivity index (χ1v) is 12.6. The fraction of sp³-hybridized carbons (Fsp3) is 0.516.